The predicted molar refractivity (Wildman–Crippen MR) is 92.3 cm³/mol. The van der Waals surface area contributed by atoms with Gasteiger partial charge in [-0.2, -0.15) is 0 Å². The first kappa shape index (κ1) is 17.3. The van der Waals surface area contributed by atoms with Crippen molar-refractivity contribution in [2.45, 2.75) is 19.8 Å². The number of rotatable bonds is 8. The first-order chi connectivity index (χ1) is 11.1. The van der Waals surface area contributed by atoms with Gasteiger partial charge in [0.1, 0.15) is 24.7 Å². The van der Waals surface area contributed by atoms with Gasteiger partial charge in [-0.25, -0.2) is 0 Å². The molecule has 122 valence electrons. The molecule has 0 heterocycles. The summed E-state index contributed by atoms with van der Waals surface area (Å²) in [7, 11) is 0. The smallest absolute Gasteiger partial charge is 0.303 e. The summed E-state index contributed by atoms with van der Waals surface area (Å²) in [6.07, 6.45) is 0.627. The maximum Gasteiger partial charge on any atom is 0.303 e. The fraction of sp³-hybridized carbons (Fsp3) is 0.278. The Bertz CT molecular complexity index is 670. The number of carbonyl (C=O) groups is 1. The van der Waals surface area contributed by atoms with E-state index in [1.54, 1.807) is 0 Å². The van der Waals surface area contributed by atoms with E-state index >= 15 is 0 Å². The number of para-hydroxylation sites is 1. The van der Waals surface area contributed by atoms with E-state index in [2.05, 4.69) is 15.9 Å². The van der Waals surface area contributed by atoms with Gasteiger partial charge in [0.25, 0.3) is 0 Å². The van der Waals surface area contributed by atoms with Gasteiger partial charge in [-0.05, 0) is 58.6 Å². The van der Waals surface area contributed by atoms with E-state index in [-0.39, 0.29) is 6.42 Å². The molecule has 5 heteroatoms. The van der Waals surface area contributed by atoms with E-state index < -0.39 is 5.97 Å². The van der Waals surface area contributed by atoms with Crippen molar-refractivity contribution in [1.29, 1.82) is 0 Å². The highest BCUT2D eigenvalue weighted by molar-refractivity contribution is 9.10. The normalized spacial score (nSPS) is 10.3. The minimum Gasteiger partial charge on any atom is -0.490 e. The molecule has 0 fully saturated rings. The molecule has 1 N–H and O–H groups in total. The summed E-state index contributed by atoms with van der Waals surface area (Å²) in [4.78, 5) is 10.6. The number of ether oxygens (including phenoxy) is 2. The number of aryl methyl sites for hydroxylation is 2. The number of carboxylic acids is 1. The van der Waals surface area contributed by atoms with Crippen molar-refractivity contribution in [3.05, 3.63) is 58.1 Å². The average molecular weight is 379 g/mol. The largest absolute Gasteiger partial charge is 0.490 e. The van der Waals surface area contributed by atoms with Gasteiger partial charge in [-0.15, -0.1) is 0 Å². The Kier molecular flexibility index (Phi) is 6.47. The van der Waals surface area contributed by atoms with Crippen LogP contribution in [0.2, 0.25) is 0 Å². The summed E-state index contributed by atoms with van der Waals surface area (Å²) < 4.78 is 12.2. The van der Waals surface area contributed by atoms with Crippen molar-refractivity contribution in [3.63, 3.8) is 0 Å². The lowest BCUT2D eigenvalue weighted by Crippen LogP contribution is -2.10. The second-order valence-corrected chi connectivity index (χ2v) is 5.98. The van der Waals surface area contributed by atoms with Gasteiger partial charge in [-0.3, -0.25) is 4.79 Å². The van der Waals surface area contributed by atoms with E-state index in [4.69, 9.17) is 14.6 Å². The fourth-order valence-electron chi connectivity index (χ4n) is 2.09. The van der Waals surface area contributed by atoms with Crippen LogP contribution < -0.4 is 9.47 Å². The zero-order chi connectivity index (χ0) is 16.7. The number of hydrogen-bond donors (Lipinski definition) is 1. The van der Waals surface area contributed by atoms with E-state index in [9.17, 15) is 4.79 Å². The SMILES string of the molecule is Cc1ccccc1OCCOc1ccc(CCC(=O)O)cc1Br. The lowest BCUT2D eigenvalue weighted by atomic mass is 10.1. The van der Waals surface area contributed by atoms with E-state index in [0.717, 1.165) is 27.1 Å². The molecule has 0 saturated carbocycles. The molecule has 0 amide bonds. The second kappa shape index (κ2) is 8.58. The molecular weight excluding hydrogens is 360 g/mol. The van der Waals surface area contributed by atoms with Crippen molar-refractivity contribution in [1.82, 2.24) is 0 Å². The summed E-state index contributed by atoms with van der Waals surface area (Å²) in [5.74, 6) is 0.784. The molecule has 4 nitrogen and oxygen atoms in total. The molecule has 0 aliphatic heterocycles. The third kappa shape index (κ3) is 5.60. The Morgan fingerprint density at radius 3 is 2.43 bits per heavy atom. The highest BCUT2D eigenvalue weighted by atomic mass is 79.9. The van der Waals surface area contributed by atoms with Gasteiger partial charge in [0, 0.05) is 6.42 Å². The maximum atomic E-state index is 10.6. The van der Waals surface area contributed by atoms with Crippen LogP contribution in [0.4, 0.5) is 0 Å². The van der Waals surface area contributed by atoms with E-state index in [1.807, 2.05) is 49.4 Å². The molecule has 2 rings (SSSR count). The molecule has 2 aromatic rings. The molecular formula is C18H19BrO4. The Hall–Kier alpha value is -2.01. The quantitative estimate of drug-likeness (QED) is 0.698. The molecule has 0 atom stereocenters. The van der Waals surface area contributed by atoms with Crippen molar-refractivity contribution in [2.75, 3.05) is 13.2 Å². The standard InChI is InChI=1S/C18H19BrO4/c1-13-4-2-3-5-16(13)22-10-11-23-17-8-6-14(12-15(17)19)7-9-18(20)21/h2-6,8,12H,7,9-11H2,1H3,(H,20,21). The maximum absolute atomic E-state index is 10.6. The first-order valence-corrected chi connectivity index (χ1v) is 8.17. The van der Waals surface area contributed by atoms with Crippen LogP contribution in [0.1, 0.15) is 17.5 Å². The molecule has 0 saturated heterocycles. The number of benzene rings is 2. The minimum absolute atomic E-state index is 0.122. The van der Waals surface area contributed by atoms with Crippen LogP contribution in [-0.4, -0.2) is 24.3 Å². The van der Waals surface area contributed by atoms with Gasteiger partial charge >= 0.3 is 5.97 Å². The van der Waals surface area contributed by atoms with Crippen molar-refractivity contribution in [3.8, 4) is 11.5 Å². The van der Waals surface area contributed by atoms with Crippen LogP contribution >= 0.6 is 15.9 Å². The third-order valence-electron chi connectivity index (χ3n) is 3.32. The van der Waals surface area contributed by atoms with Gasteiger partial charge < -0.3 is 14.6 Å². The Morgan fingerprint density at radius 1 is 1.09 bits per heavy atom. The molecule has 0 aromatic heterocycles. The van der Waals surface area contributed by atoms with Crippen molar-refractivity contribution < 1.29 is 19.4 Å². The molecule has 0 bridgehead atoms. The van der Waals surface area contributed by atoms with Crippen LogP contribution in [0.15, 0.2) is 46.9 Å². The monoisotopic (exact) mass is 378 g/mol. The predicted octanol–water partition coefficient (Wildman–Crippen LogP) is 4.23. The lowest BCUT2D eigenvalue weighted by Gasteiger charge is -2.11. The van der Waals surface area contributed by atoms with Crippen molar-refractivity contribution in [2.24, 2.45) is 0 Å². The highest BCUT2D eigenvalue weighted by Gasteiger charge is 2.05. The fourth-order valence-corrected chi connectivity index (χ4v) is 2.63. The molecule has 23 heavy (non-hydrogen) atoms. The second-order valence-electron chi connectivity index (χ2n) is 5.12. The first-order valence-electron chi connectivity index (χ1n) is 7.37. The van der Waals surface area contributed by atoms with Gasteiger partial charge in [0.05, 0.1) is 4.47 Å². The molecule has 0 aliphatic rings. The Morgan fingerprint density at radius 2 is 1.78 bits per heavy atom. The van der Waals surface area contributed by atoms with Crippen molar-refractivity contribution >= 4 is 21.9 Å². The zero-order valence-corrected chi connectivity index (χ0v) is 14.5. The third-order valence-corrected chi connectivity index (χ3v) is 3.94. The van der Waals surface area contributed by atoms with Gasteiger partial charge in [0.2, 0.25) is 0 Å². The Labute approximate surface area is 144 Å². The average Bonchev–Trinajstić information content (AvgIpc) is 2.52. The highest BCUT2D eigenvalue weighted by Crippen LogP contribution is 2.26. The summed E-state index contributed by atoms with van der Waals surface area (Å²) in [5.41, 5.74) is 2.05. The zero-order valence-electron chi connectivity index (χ0n) is 12.9. The Balaban J connectivity index is 1.81. The number of carboxylic acid groups (broad SMARTS) is 1. The summed E-state index contributed by atoms with van der Waals surface area (Å²) >= 11 is 3.45. The van der Waals surface area contributed by atoms with Crippen LogP contribution in [0.25, 0.3) is 0 Å². The van der Waals surface area contributed by atoms with Crippen LogP contribution in [-0.2, 0) is 11.2 Å². The van der Waals surface area contributed by atoms with Crippen LogP contribution in [0.5, 0.6) is 11.5 Å². The molecule has 0 radical (unpaired) electrons. The molecule has 0 spiro atoms. The summed E-state index contributed by atoms with van der Waals surface area (Å²) in [6.45, 7) is 2.89. The number of aliphatic carboxylic acids is 1. The molecule has 0 unspecified atom stereocenters. The summed E-state index contributed by atoms with van der Waals surface area (Å²) in [6, 6.07) is 13.5. The lowest BCUT2D eigenvalue weighted by molar-refractivity contribution is -0.136. The van der Waals surface area contributed by atoms with Crippen LogP contribution in [0, 0.1) is 6.92 Å². The molecule has 0 aliphatic carbocycles. The van der Waals surface area contributed by atoms with Crippen LogP contribution in [0.3, 0.4) is 0 Å². The summed E-state index contributed by atoms with van der Waals surface area (Å²) in [5, 5.41) is 8.71. The number of halogens is 1. The molecule has 2 aromatic carbocycles. The van der Waals surface area contributed by atoms with Gasteiger partial charge in [0.15, 0.2) is 0 Å². The van der Waals surface area contributed by atoms with E-state index in [0.29, 0.717) is 19.6 Å². The van der Waals surface area contributed by atoms with Gasteiger partial charge in [-0.1, -0.05) is 24.3 Å². The minimum atomic E-state index is -0.796. The number of hydrogen-bond acceptors (Lipinski definition) is 3. The van der Waals surface area contributed by atoms with E-state index in [1.165, 1.54) is 0 Å². The topological polar surface area (TPSA) is 55.8 Å².